The summed E-state index contributed by atoms with van der Waals surface area (Å²) < 4.78 is 39.7. The van der Waals surface area contributed by atoms with Gasteiger partial charge in [0.05, 0.1) is 5.69 Å². The summed E-state index contributed by atoms with van der Waals surface area (Å²) in [6.07, 6.45) is -4.80. The van der Waals surface area contributed by atoms with Crippen molar-refractivity contribution in [3.63, 3.8) is 0 Å². The lowest BCUT2D eigenvalue weighted by Crippen LogP contribution is -2.51. The zero-order chi connectivity index (χ0) is 18.1. The van der Waals surface area contributed by atoms with E-state index in [1.54, 1.807) is 31.2 Å². The maximum Gasteiger partial charge on any atom is 0.471 e. The first kappa shape index (κ1) is 18.2. The van der Waals surface area contributed by atoms with E-state index in [1.165, 1.54) is 11.6 Å². The molecule has 0 saturated heterocycles. The maximum absolute atomic E-state index is 12.8. The quantitative estimate of drug-likeness (QED) is 0.840. The van der Waals surface area contributed by atoms with Gasteiger partial charge in [0.1, 0.15) is 5.54 Å². The van der Waals surface area contributed by atoms with Gasteiger partial charge in [-0.1, -0.05) is 18.5 Å². The van der Waals surface area contributed by atoms with E-state index in [2.05, 4.69) is 15.5 Å². The number of benzene rings is 1. The molecule has 0 fully saturated rings. The highest BCUT2D eigenvalue weighted by Gasteiger charge is 2.48. The Morgan fingerprint density at radius 3 is 2.38 bits per heavy atom. The minimum Gasteiger partial charge on any atom is -0.325 e. The number of amides is 1. The van der Waals surface area contributed by atoms with Crippen LogP contribution in [0.3, 0.4) is 0 Å². The topological polar surface area (TPSA) is 63.9 Å². The van der Waals surface area contributed by atoms with E-state index in [0.717, 1.165) is 7.05 Å². The SMILES string of the molecule is CCC(C)(c1nnnn1-c1ccc(Cl)cc1)N(C)C(=O)C(F)(F)F. The average molecular weight is 362 g/mol. The zero-order valence-corrected chi connectivity index (χ0v) is 13.9. The highest BCUT2D eigenvalue weighted by atomic mass is 35.5. The first-order valence-corrected chi connectivity index (χ1v) is 7.39. The van der Waals surface area contributed by atoms with Crippen molar-refractivity contribution in [1.82, 2.24) is 25.1 Å². The molecule has 2 aromatic rings. The van der Waals surface area contributed by atoms with E-state index in [0.29, 0.717) is 15.6 Å². The van der Waals surface area contributed by atoms with Crippen molar-refractivity contribution in [2.75, 3.05) is 7.05 Å². The summed E-state index contributed by atoms with van der Waals surface area (Å²) in [5.74, 6) is -1.84. The molecular formula is C14H15ClF3N5O. The predicted octanol–water partition coefficient (Wildman–Crippen LogP) is 2.96. The minimum atomic E-state index is -4.98. The molecule has 0 spiro atoms. The smallest absolute Gasteiger partial charge is 0.325 e. The van der Waals surface area contributed by atoms with E-state index in [9.17, 15) is 18.0 Å². The number of halogens is 4. The minimum absolute atomic E-state index is 0.118. The van der Waals surface area contributed by atoms with Crippen LogP contribution in [0.2, 0.25) is 5.02 Å². The summed E-state index contributed by atoms with van der Waals surface area (Å²) >= 11 is 5.83. The third-order valence-electron chi connectivity index (χ3n) is 4.00. The Morgan fingerprint density at radius 2 is 1.88 bits per heavy atom. The number of nitrogens with zero attached hydrogens (tertiary/aromatic N) is 5. The summed E-state index contributed by atoms with van der Waals surface area (Å²) in [6.45, 7) is 3.13. The van der Waals surface area contributed by atoms with Crippen LogP contribution < -0.4 is 0 Å². The molecule has 24 heavy (non-hydrogen) atoms. The van der Waals surface area contributed by atoms with E-state index in [4.69, 9.17) is 11.6 Å². The third-order valence-corrected chi connectivity index (χ3v) is 4.25. The van der Waals surface area contributed by atoms with Gasteiger partial charge in [0.15, 0.2) is 5.82 Å². The third kappa shape index (κ3) is 3.21. The van der Waals surface area contributed by atoms with Crippen LogP contribution in [-0.2, 0) is 10.3 Å². The van der Waals surface area contributed by atoms with Gasteiger partial charge >= 0.3 is 12.1 Å². The van der Waals surface area contributed by atoms with Crippen LogP contribution in [-0.4, -0.2) is 44.2 Å². The lowest BCUT2D eigenvalue weighted by Gasteiger charge is -2.37. The molecule has 0 radical (unpaired) electrons. The van der Waals surface area contributed by atoms with Crippen molar-refractivity contribution in [3.05, 3.63) is 35.1 Å². The Bertz CT molecular complexity index is 731. The van der Waals surface area contributed by atoms with Gasteiger partial charge in [-0.05, 0) is 48.0 Å². The molecular weight excluding hydrogens is 347 g/mol. The van der Waals surface area contributed by atoms with Crippen LogP contribution in [0.25, 0.3) is 5.69 Å². The highest BCUT2D eigenvalue weighted by molar-refractivity contribution is 6.30. The summed E-state index contributed by atoms with van der Waals surface area (Å²) in [6, 6.07) is 6.47. The second-order valence-electron chi connectivity index (χ2n) is 5.38. The van der Waals surface area contributed by atoms with Crippen LogP contribution in [0.15, 0.2) is 24.3 Å². The van der Waals surface area contributed by atoms with E-state index >= 15 is 0 Å². The number of carbonyl (C=O) groups excluding carboxylic acids is 1. The fraction of sp³-hybridized carbons (Fsp3) is 0.429. The number of rotatable bonds is 4. The number of carbonyl (C=O) groups is 1. The zero-order valence-electron chi connectivity index (χ0n) is 13.2. The molecule has 1 unspecified atom stereocenters. The summed E-state index contributed by atoms with van der Waals surface area (Å²) in [5, 5.41) is 11.7. The molecule has 130 valence electrons. The molecule has 1 amide bonds. The molecule has 0 bridgehead atoms. The number of alkyl halides is 3. The van der Waals surface area contributed by atoms with Crippen LogP contribution in [0, 0.1) is 0 Å². The van der Waals surface area contributed by atoms with Crippen LogP contribution in [0.1, 0.15) is 26.1 Å². The van der Waals surface area contributed by atoms with Crippen LogP contribution in [0.5, 0.6) is 0 Å². The van der Waals surface area contributed by atoms with Crippen molar-refractivity contribution >= 4 is 17.5 Å². The number of hydrogen-bond acceptors (Lipinski definition) is 4. The molecule has 0 aliphatic heterocycles. The van der Waals surface area contributed by atoms with E-state index in [-0.39, 0.29) is 12.2 Å². The number of tetrazole rings is 1. The predicted molar refractivity (Wildman–Crippen MR) is 80.6 cm³/mol. The fourth-order valence-corrected chi connectivity index (χ4v) is 2.36. The average Bonchev–Trinajstić information content (AvgIpc) is 3.02. The molecule has 0 saturated carbocycles. The Morgan fingerprint density at radius 1 is 1.29 bits per heavy atom. The molecule has 2 rings (SSSR count). The standard InChI is InChI=1S/C14H15ClF3N5O/c1-4-13(2,22(3)12(24)14(16,17)18)11-19-20-21-23(11)10-7-5-9(15)6-8-10/h5-8H,4H2,1-3H3. The van der Waals surface area contributed by atoms with Gasteiger partial charge in [0.2, 0.25) is 0 Å². The van der Waals surface area contributed by atoms with Crippen molar-refractivity contribution in [2.45, 2.75) is 32.0 Å². The first-order valence-electron chi connectivity index (χ1n) is 7.01. The number of hydrogen-bond donors (Lipinski definition) is 0. The fourth-order valence-electron chi connectivity index (χ4n) is 2.24. The van der Waals surface area contributed by atoms with Crippen molar-refractivity contribution < 1.29 is 18.0 Å². The second-order valence-corrected chi connectivity index (χ2v) is 5.82. The summed E-state index contributed by atoms with van der Waals surface area (Å²) in [4.78, 5) is 12.3. The molecule has 6 nitrogen and oxygen atoms in total. The maximum atomic E-state index is 12.8. The van der Waals surface area contributed by atoms with E-state index in [1.807, 2.05) is 0 Å². The Kier molecular flexibility index (Phi) is 4.84. The van der Waals surface area contributed by atoms with Gasteiger partial charge in [0, 0.05) is 12.1 Å². The molecule has 0 aliphatic carbocycles. The molecule has 10 heteroatoms. The van der Waals surface area contributed by atoms with Gasteiger partial charge < -0.3 is 4.90 Å². The number of aromatic nitrogens is 4. The van der Waals surface area contributed by atoms with Crippen LogP contribution >= 0.6 is 11.6 Å². The van der Waals surface area contributed by atoms with Crippen molar-refractivity contribution in [3.8, 4) is 5.69 Å². The lowest BCUT2D eigenvalue weighted by atomic mass is 9.95. The Balaban J connectivity index is 2.50. The second kappa shape index (κ2) is 6.39. The van der Waals surface area contributed by atoms with Gasteiger partial charge in [-0.25, -0.2) is 0 Å². The normalized spacial score (nSPS) is 14.3. The van der Waals surface area contributed by atoms with E-state index < -0.39 is 17.6 Å². The van der Waals surface area contributed by atoms with Gasteiger partial charge in [0.25, 0.3) is 0 Å². The molecule has 0 N–H and O–H groups in total. The molecule has 1 atom stereocenters. The summed E-state index contributed by atoms with van der Waals surface area (Å²) in [5.41, 5.74) is -0.831. The molecule has 0 aliphatic rings. The molecule has 1 aromatic heterocycles. The summed E-state index contributed by atoms with van der Waals surface area (Å²) in [7, 11) is 1.08. The lowest BCUT2D eigenvalue weighted by molar-refractivity contribution is -0.190. The van der Waals surface area contributed by atoms with Crippen molar-refractivity contribution in [2.24, 2.45) is 0 Å². The Hall–Kier alpha value is -2.16. The van der Waals surface area contributed by atoms with Gasteiger partial charge in [-0.15, -0.1) is 5.10 Å². The molecule has 1 aromatic carbocycles. The largest absolute Gasteiger partial charge is 0.471 e. The highest BCUT2D eigenvalue weighted by Crippen LogP contribution is 2.33. The van der Waals surface area contributed by atoms with Gasteiger partial charge in [-0.3, -0.25) is 4.79 Å². The van der Waals surface area contributed by atoms with Crippen LogP contribution in [0.4, 0.5) is 13.2 Å². The van der Waals surface area contributed by atoms with Crippen molar-refractivity contribution in [1.29, 1.82) is 0 Å². The van der Waals surface area contributed by atoms with Gasteiger partial charge in [-0.2, -0.15) is 17.9 Å². The first-order chi connectivity index (χ1) is 11.1. The monoisotopic (exact) mass is 361 g/mol. The Labute approximate surface area is 141 Å². The molecule has 1 heterocycles.